The second-order valence-corrected chi connectivity index (χ2v) is 7.05. The van der Waals surface area contributed by atoms with E-state index >= 15 is 0 Å². The summed E-state index contributed by atoms with van der Waals surface area (Å²) in [6.07, 6.45) is 2.38. The Morgan fingerprint density at radius 1 is 1.38 bits per heavy atom. The lowest BCUT2D eigenvalue weighted by atomic mass is 10.1. The van der Waals surface area contributed by atoms with E-state index in [2.05, 4.69) is 15.5 Å². The molecule has 1 aliphatic rings. The Hall–Kier alpha value is -1.60. The van der Waals surface area contributed by atoms with E-state index in [9.17, 15) is 4.79 Å². The Morgan fingerprint density at radius 2 is 2.14 bits per heavy atom. The van der Waals surface area contributed by atoms with Crippen molar-refractivity contribution < 1.29 is 9.53 Å². The van der Waals surface area contributed by atoms with E-state index in [0.29, 0.717) is 6.04 Å². The molecular formula is C14H15N3O2S2. The van der Waals surface area contributed by atoms with Gasteiger partial charge in [-0.05, 0) is 18.4 Å². The number of methoxy groups -OCH3 is 1. The van der Waals surface area contributed by atoms with Crippen LogP contribution in [0.4, 0.5) is 5.13 Å². The first-order valence-electron chi connectivity index (χ1n) is 6.65. The normalized spacial score (nSPS) is 15.5. The molecule has 1 aromatic carbocycles. The molecule has 0 spiro atoms. The monoisotopic (exact) mass is 321 g/mol. The topological polar surface area (TPSA) is 64.1 Å². The van der Waals surface area contributed by atoms with Gasteiger partial charge < -0.3 is 10.1 Å². The lowest BCUT2D eigenvalue weighted by Gasteiger charge is -2.12. The maximum absolute atomic E-state index is 12.0. The number of aromatic nitrogens is 2. The Morgan fingerprint density at radius 3 is 2.81 bits per heavy atom. The van der Waals surface area contributed by atoms with E-state index in [4.69, 9.17) is 4.74 Å². The zero-order valence-corrected chi connectivity index (χ0v) is 13.1. The third-order valence-corrected chi connectivity index (χ3v) is 5.22. The highest BCUT2D eigenvalue weighted by Gasteiger charge is 2.26. The number of benzene rings is 1. The molecule has 1 N–H and O–H groups in total. The highest BCUT2D eigenvalue weighted by molar-refractivity contribution is 8.01. The third-order valence-electron chi connectivity index (χ3n) is 3.05. The minimum Gasteiger partial charge on any atom is -0.468 e. The number of nitrogens with zero attached hydrogens (tertiary/aromatic N) is 2. The van der Waals surface area contributed by atoms with Gasteiger partial charge in [-0.3, -0.25) is 4.79 Å². The number of nitrogens with one attached hydrogen (secondary N) is 1. The summed E-state index contributed by atoms with van der Waals surface area (Å²) in [7, 11) is 1.40. The minimum absolute atomic E-state index is 0.280. The van der Waals surface area contributed by atoms with E-state index < -0.39 is 5.25 Å². The summed E-state index contributed by atoms with van der Waals surface area (Å²) in [6, 6.07) is 10.1. The summed E-state index contributed by atoms with van der Waals surface area (Å²) in [6.45, 7) is 0. The average molecular weight is 321 g/mol. The largest absolute Gasteiger partial charge is 0.468 e. The number of thioether (sulfide) groups is 1. The molecular weight excluding hydrogens is 306 g/mol. The molecule has 0 amide bonds. The van der Waals surface area contributed by atoms with Gasteiger partial charge >= 0.3 is 5.97 Å². The van der Waals surface area contributed by atoms with Gasteiger partial charge in [-0.1, -0.05) is 53.4 Å². The number of carbonyl (C=O) groups is 1. The molecule has 5 nitrogen and oxygen atoms in total. The molecule has 1 aliphatic carbocycles. The molecule has 1 aromatic heterocycles. The highest BCUT2D eigenvalue weighted by atomic mass is 32.2. The van der Waals surface area contributed by atoms with Gasteiger partial charge in [0.25, 0.3) is 0 Å². The van der Waals surface area contributed by atoms with E-state index in [1.807, 2.05) is 30.3 Å². The molecule has 21 heavy (non-hydrogen) atoms. The Labute approximate surface area is 131 Å². The van der Waals surface area contributed by atoms with Gasteiger partial charge in [-0.15, -0.1) is 10.2 Å². The van der Waals surface area contributed by atoms with Crippen LogP contribution in [0, 0.1) is 0 Å². The number of anilines is 1. The van der Waals surface area contributed by atoms with Gasteiger partial charge in [0.1, 0.15) is 5.25 Å². The molecule has 1 fully saturated rings. The Bertz CT molecular complexity index is 614. The number of carbonyl (C=O) groups excluding carboxylic acids is 1. The predicted molar refractivity (Wildman–Crippen MR) is 83.6 cm³/mol. The van der Waals surface area contributed by atoms with Crippen LogP contribution in [0.1, 0.15) is 23.7 Å². The van der Waals surface area contributed by atoms with Crippen molar-refractivity contribution in [1.82, 2.24) is 10.2 Å². The van der Waals surface area contributed by atoms with Gasteiger partial charge in [0.2, 0.25) is 5.13 Å². The van der Waals surface area contributed by atoms with Crippen molar-refractivity contribution in [2.75, 3.05) is 12.4 Å². The van der Waals surface area contributed by atoms with Crippen LogP contribution in [0.3, 0.4) is 0 Å². The molecule has 1 heterocycles. The Balaban J connectivity index is 1.74. The van der Waals surface area contributed by atoms with E-state index in [0.717, 1.165) is 15.0 Å². The first-order valence-corrected chi connectivity index (χ1v) is 8.35. The fraction of sp³-hybridized carbons (Fsp3) is 0.357. The molecule has 0 radical (unpaired) electrons. The molecule has 1 saturated carbocycles. The summed E-state index contributed by atoms with van der Waals surface area (Å²) in [5, 5.41) is 12.0. The molecule has 0 bridgehead atoms. The van der Waals surface area contributed by atoms with Crippen LogP contribution < -0.4 is 5.32 Å². The van der Waals surface area contributed by atoms with Crippen molar-refractivity contribution in [3.8, 4) is 0 Å². The fourth-order valence-corrected chi connectivity index (χ4v) is 3.85. The molecule has 7 heteroatoms. The quantitative estimate of drug-likeness (QED) is 0.651. The highest BCUT2D eigenvalue weighted by Crippen LogP contribution is 2.39. The number of hydrogen-bond acceptors (Lipinski definition) is 7. The summed E-state index contributed by atoms with van der Waals surface area (Å²) in [5.74, 6) is -0.280. The van der Waals surface area contributed by atoms with E-state index in [-0.39, 0.29) is 5.97 Å². The number of ether oxygens (including phenoxy) is 1. The van der Waals surface area contributed by atoms with Crippen molar-refractivity contribution in [1.29, 1.82) is 0 Å². The van der Waals surface area contributed by atoms with Crippen molar-refractivity contribution in [2.45, 2.75) is 28.5 Å². The number of rotatable bonds is 6. The van der Waals surface area contributed by atoms with Crippen molar-refractivity contribution in [2.24, 2.45) is 0 Å². The average Bonchev–Trinajstić information content (AvgIpc) is 3.22. The van der Waals surface area contributed by atoms with Crippen LogP contribution in [0.5, 0.6) is 0 Å². The zero-order chi connectivity index (χ0) is 14.7. The van der Waals surface area contributed by atoms with Crippen LogP contribution in [0.15, 0.2) is 34.7 Å². The fourth-order valence-electron chi connectivity index (χ4n) is 1.81. The van der Waals surface area contributed by atoms with Crippen molar-refractivity contribution in [3.05, 3.63) is 35.9 Å². The second kappa shape index (κ2) is 6.44. The van der Waals surface area contributed by atoms with E-state index in [1.54, 1.807) is 0 Å². The van der Waals surface area contributed by atoms with E-state index in [1.165, 1.54) is 43.1 Å². The summed E-state index contributed by atoms with van der Waals surface area (Å²) in [4.78, 5) is 12.0. The third kappa shape index (κ3) is 3.74. The zero-order valence-electron chi connectivity index (χ0n) is 11.5. The van der Waals surface area contributed by atoms with Gasteiger partial charge in [0.15, 0.2) is 4.34 Å². The number of esters is 1. The van der Waals surface area contributed by atoms with Gasteiger partial charge in [0, 0.05) is 6.04 Å². The lowest BCUT2D eigenvalue weighted by molar-refractivity contribution is -0.140. The maximum atomic E-state index is 12.0. The smallest absolute Gasteiger partial charge is 0.323 e. The molecule has 0 aliphatic heterocycles. The van der Waals surface area contributed by atoms with Crippen LogP contribution in [0.2, 0.25) is 0 Å². The first-order chi connectivity index (χ1) is 10.3. The molecule has 110 valence electrons. The second-order valence-electron chi connectivity index (χ2n) is 4.72. The first kappa shape index (κ1) is 14.3. The molecule has 3 rings (SSSR count). The maximum Gasteiger partial charge on any atom is 0.323 e. The predicted octanol–water partition coefficient (Wildman–Crippen LogP) is 3.12. The van der Waals surface area contributed by atoms with Crippen LogP contribution in [0.25, 0.3) is 0 Å². The van der Waals surface area contributed by atoms with Gasteiger partial charge in [0.05, 0.1) is 7.11 Å². The van der Waals surface area contributed by atoms with Crippen LogP contribution in [-0.4, -0.2) is 29.3 Å². The summed E-state index contributed by atoms with van der Waals surface area (Å²) >= 11 is 2.85. The molecule has 1 atom stereocenters. The SMILES string of the molecule is COC(=O)[C@@H](Sc1nnc(NC2CC2)s1)c1ccccc1. The standard InChI is InChI=1S/C14H15N3O2S2/c1-19-12(18)11(9-5-3-2-4-6-9)20-14-17-16-13(21-14)15-10-7-8-10/h2-6,10-11H,7-8H2,1H3,(H,15,16)/t11-/m0/s1. The summed E-state index contributed by atoms with van der Waals surface area (Å²) < 4.78 is 5.66. The van der Waals surface area contributed by atoms with Gasteiger partial charge in [-0.25, -0.2) is 0 Å². The van der Waals surface area contributed by atoms with Crippen molar-refractivity contribution in [3.63, 3.8) is 0 Å². The van der Waals surface area contributed by atoms with Gasteiger partial charge in [-0.2, -0.15) is 0 Å². The molecule has 0 unspecified atom stereocenters. The molecule has 2 aromatic rings. The number of hydrogen-bond donors (Lipinski definition) is 1. The lowest BCUT2D eigenvalue weighted by Crippen LogP contribution is -2.10. The summed E-state index contributed by atoms with van der Waals surface area (Å²) in [5.41, 5.74) is 0.904. The van der Waals surface area contributed by atoms with Crippen molar-refractivity contribution >= 4 is 34.2 Å². The van der Waals surface area contributed by atoms with Crippen LogP contribution in [-0.2, 0) is 9.53 Å². The Kier molecular flexibility index (Phi) is 4.40. The van der Waals surface area contributed by atoms with Crippen LogP contribution >= 0.6 is 23.1 Å². The molecule has 0 saturated heterocycles. The minimum atomic E-state index is -0.419.